The Balaban J connectivity index is 0.00000264. The van der Waals surface area contributed by atoms with Crippen molar-refractivity contribution in [3.63, 3.8) is 0 Å². The lowest BCUT2D eigenvalue weighted by Crippen LogP contribution is -2.39. The maximum atomic E-state index is 4.49. The number of nitrogens with zero attached hydrogens (tertiary/aromatic N) is 2. The molecule has 4 nitrogen and oxygen atoms in total. The van der Waals surface area contributed by atoms with Gasteiger partial charge in [-0.2, -0.15) is 0 Å². The number of aliphatic imine (C=N–C) groups is 1. The number of hydrogen-bond donors (Lipinski definition) is 2. The highest BCUT2D eigenvalue weighted by molar-refractivity contribution is 14.0. The first-order valence-corrected chi connectivity index (χ1v) is 7.98. The molecule has 0 aliphatic heterocycles. The number of hydrogen-bond acceptors (Lipinski definition) is 2. The summed E-state index contributed by atoms with van der Waals surface area (Å²) in [5.74, 6) is 1.57. The number of para-hydroxylation sites is 1. The number of pyridine rings is 1. The number of nitrogens with one attached hydrogen (secondary N) is 2. The number of guanidine groups is 1. The van der Waals surface area contributed by atoms with Gasteiger partial charge in [0.2, 0.25) is 0 Å². The van der Waals surface area contributed by atoms with Crippen LogP contribution in [-0.4, -0.2) is 31.1 Å². The number of fused-ring (bicyclic) bond motifs is 1. The summed E-state index contributed by atoms with van der Waals surface area (Å²) in [6.07, 6.45) is 3.93. The van der Waals surface area contributed by atoms with Crippen LogP contribution in [0, 0.1) is 5.92 Å². The van der Waals surface area contributed by atoms with Crippen LogP contribution in [0.5, 0.6) is 0 Å². The second kappa shape index (κ2) is 10.4. The summed E-state index contributed by atoms with van der Waals surface area (Å²) in [5, 5.41) is 7.91. The van der Waals surface area contributed by atoms with Gasteiger partial charge in [-0.3, -0.25) is 9.98 Å². The zero-order valence-electron chi connectivity index (χ0n) is 14.2. The van der Waals surface area contributed by atoms with Crippen molar-refractivity contribution in [1.82, 2.24) is 15.6 Å². The minimum Gasteiger partial charge on any atom is -0.356 e. The Morgan fingerprint density at radius 1 is 1.13 bits per heavy atom. The van der Waals surface area contributed by atoms with E-state index in [1.54, 1.807) is 0 Å². The Hall–Kier alpha value is -1.37. The Morgan fingerprint density at radius 2 is 1.87 bits per heavy atom. The number of halogens is 1. The second-order valence-corrected chi connectivity index (χ2v) is 5.85. The SMILES string of the molecule is CN=C(NCCc1cccc2cccnc12)NCCC(C)C.I. The third-order valence-electron chi connectivity index (χ3n) is 3.64. The van der Waals surface area contributed by atoms with Crippen molar-refractivity contribution >= 4 is 40.8 Å². The molecular weight excluding hydrogens is 399 g/mol. The monoisotopic (exact) mass is 426 g/mol. The summed E-state index contributed by atoms with van der Waals surface area (Å²) in [6.45, 7) is 6.25. The zero-order chi connectivity index (χ0) is 15.8. The van der Waals surface area contributed by atoms with Crippen LogP contribution in [0.15, 0.2) is 41.5 Å². The molecule has 0 saturated carbocycles. The van der Waals surface area contributed by atoms with Crippen molar-refractivity contribution in [3.05, 3.63) is 42.1 Å². The van der Waals surface area contributed by atoms with E-state index in [9.17, 15) is 0 Å². The lowest BCUT2D eigenvalue weighted by Gasteiger charge is -2.13. The fourth-order valence-electron chi connectivity index (χ4n) is 2.38. The van der Waals surface area contributed by atoms with Gasteiger partial charge in [0.1, 0.15) is 0 Å². The van der Waals surface area contributed by atoms with Crippen molar-refractivity contribution in [3.8, 4) is 0 Å². The third-order valence-corrected chi connectivity index (χ3v) is 3.64. The average molecular weight is 426 g/mol. The van der Waals surface area contributed by atoms with Crippen molar-refractivity contribution < 1.29 is 0 Å². The van der Waals surface area contributed by atoms with E-state index in [1.807, 2.05) is 19.3 Å². The summed E-state index contributed by atoms with van der Waals surface area (Å²) in [5.41, 5.74) is 2.36. The zero-order valence-corrected chi connectivity index (χ0v) is 16.5. The lowest BCUT2D eigenvalue weighted by molar-refractivity contribution is 0.573. The average Bonchev–Trinajstić information content (AvgIpc) is 2.53. The molecule has 0 radical (unpaired) electrons. The smallest absolute Gasteiger partial charge is 0.190 e. The van der Waals surface area contributed by atoms with E-state index >= 15 is 0 Å². The van der Waals surface area contributed by atoms with Gasteiger partial charge in [-0.1, -0.05) is 38.1 Å². The summed E-state index contributed by atoms with van der Waals surface area (Å²) < 4.78 is 0. The standard InChI is InChI=1S/C18H26N4.HI/c1-14(2)9-12-21-18(19-3)22-13-10-16-7-4-6-15-8-5-11-20-17(15)16;/h4-8,11,14H,9-10,12-13H2,1-3H3,(H2,19,21,22);1H. The van der Waals surface area contributed by atoms with Crippen LogP contribution in [0.1, 0.15) is 25.8 Å². The van der Waals surface area contributed by atoms with Crippen molar-refractivity contribution in [2.24, 2.45) is 10.9 Å². The summed E-state index contributed by atoms with van der Waals surface area (Å²) >= 11 is 0. The molecule has 1 heterocycles. The van der Waals surface area contributed by atoms with E-state index in [0.717, 1.165) is 37.4 Å². The Morgan fingerprint density at radius 3 is 2.61 bits per heavy atom. The highest BCUT2D eigenvalue weighted by Crippen LogP contribution is 2.15. The molecule has 23 heavy (non-hydrogen) atoms. The predicted molar refractivity (Wildman–Crippen MR) is 110 cm³/mol. The van der Waals surface area contributed by atoms with Gasteiger partial charge in [-0.15, -0.1) is 24.0 Å². The maximum absolute atomic E-state index is 4.49. The maximum Gasteiger partial charge on any atom is 0.190 e. The topological polar surface area (TPSA) is 49.3 Å². The first-order chi connectivity index (χ1) is 10.7. The summed E-state index contributed by atoms with van der Waals surface area (Å²) in [7, 11) is 1.81. The summed E-state index contributed by atoms with van der Waals surface area (Å²) in [4.78, 5) is 8.75. The molecule has 0 fully saturated rings. The molecule has 1 aromatic carbocycles. The van der Waals surface area contributed by atoms with E-state index in [0.29, 0.717) is 5.92 Å². The molecule has 0 bridgehead atoms. The molecule has 0 unspecified atom stereocenters. The van der Waals surface area contributed by atoms with Crippen LogP contribution in [0.2, 0.25) is 0 Å². The lowest BCUT2D eigenvalue weighted by atomic mass is 10.1. The van der Waals surface area contributed by atoms with Gasteiger partial charge in [0.15, 0.2) is 5.96 Å². The number of rotatable bonds is 6. The second-order valence-electron chi connectivity index (χ2n) is 5.85. The van der Waals surface area contributed by atoms with Crippen LogP contribution < -0.4 is 10.6 Å². The Labute approximate surface area is 156 Å². The van der Waals surface area contributed by atoms with Gasteiger partial charge in [0, 0.05) is 31.7 Å². The molecule has 0 amide bonds. The molecule has 0 spiro atoms. The minimum atomic E-state index is 0. The minimum absolute atomic E-state index is 0. The molecule has 126 valence electrons. The summed E-state index contributed by atoms with van der Waals surface area (Å²) in [6, 6.07) is 10.4. The quantitative estimate of drug-likeness (QED) is 0.422. The fraction of sp³-hybridized carbons (Fsp3) is 0.444. The van der Waals surface area contributed by atoms with Crippen molar-refractivity contribution in [1.29, 1.82) is 0 Å². The predicted octanol–water partition coefficient (Wildman–Crippen LogP) is 3.61. The van der Waals surface area contributed by atoms with Crippen LogP contribution in [0.4, 0.5) is 0 Å². The van der Waals surface area contributed by atoms with Crippen molar-refractivity contribution in [2.45, 2.75) is 26.7 Å². The van der Waals surface area contributed by atoms with E-state index in [1.165, 1.54) is 10.9 Å². The van der Waals surface area contributed by atoms with Gasteiger partial charge in [0.25, 0.3) is 0 Å². The highest BCUT2D eigenvalue weighted by Gasteiger charge is 2.03. The molecule has 0 aliphatic rings. The van der Waals surface area contributed by atoms with Crippen molar-refractivity contribution in [2.75, 3.05) is 20.1 Å². The van der Waals surface area contributed by atoms with Gasteiger partial charge in [0.05, 0.1) is 5.52 Å². The molecule has 2 rings (SSSR count). The normalized spacial score (nSPS) is 11.4. The van der Waals surface area contributed by atoms with Crippen LogP contribution >= 0.6 is 24.0 Å². The first kappa shape index (κ1) is 19.7. The molecule has 2 aromatic rings. The van der Waals surface area contributed by atoms with E-state index in [-0.39, 0.29) is 24.0 Å². The van der Waals surface area contributed by atoms with E-state index in [4.69, 9.17) is 0 Å². The van der Waals surface area contributed by atoms with Crippen LogP contribution in [0.3, 0.4) is 0 Å². The highest BCUT2D eigenvalue weighted by atomic mass is 127. The number of benzene rings is 1. The largest absolute Gasteiger partial charge is 0.356 e. The van der Waals surface area contributed by atoms with Gasteiger partial charge in [-0.05, 0) is 30.4 Å². The van der Waals surface area contributed by atoms with Gasteiger partial charge < -0.3 is 10.6 Å². The molecule has 1 aromatic heterocycles. The first-order valence-electron chi connectivity index (χ1n) is 7.98. The van der Waals surface area contributed by atoms with E-state index in [2.05, 4.69) is 58.7 Å². The van der Waals surface area contributed by atoms with Gasteiger partial charge in [-0.25, -0.2) is 0 Å². The molecular formula is C18H27IN4. The van der Waals surface area contributed by atoms with E-state index < -0.39 is 0 Å². The molecule has 2 N–H and O–H groups in total. The molecule has 5 heteroatoms. The molecule has 0 aliphatic carbocycles. The van der Waals surface area contributed by atoms with Crippen LogP contribution in [0.25, 0.3) is 10.9 Å². The Bertz CT molecular complexity index is 620. The number of aromatic nitrogens is 1. The van der Waals surface area contributed by atoms with Gasteiger partial charge >= 0.3 is 0 Å². The third kappa shape index (κ3) is 6.33. The molecule has 0 saturated heterocycles. The molecule has 0 atom stereocenters. The fourth-order valence-corrected chi connectivity index (χ4v) is 2.38. The Kier molecular flexibility index (Phi) is 8.91. The van der Waals surface area contributed by atoms with Crippen LogP contribution in [-0.2, 0) is 6.42 Å².